The highest BCUT2D eigenvalue weighted by Gasteiger charge is 2.27. The number of allylic oxidation sites excluding steroid dienone is 1. The molecule has 0 spiro atoms. The molecule has 2 N–H and O–H groups in total. The lowest BCUT2D eigenvalue weighted by molar-refractivity contribution is 0.307. The van der Waals surface area contributed by atoms with Gasteiger partial charge in [-0.05, 0) is 24.8 Å². The zero-order chi connectivity index (χ0) is 14.7. The van der Waals surface area contributed by atoms with E-state index >= 15 is 0 Å². The van der Waals surface area contributed by atoms with E-state index in [2.05, 4.69) is 23.5 Å². The first-order chi connectivity index (χ1) is 9.58. The number of hydrogen-bond acceptors (Lipinski definition) is 4. The molecule has 0 radical (unpaired) electrons. The highest BCUT2D eigenvalue weighted by atomic mass is 35.5. The molecule has 0 saturated carbocycles. The second-order valence-electron chi connectivity index (χ2n) is 5.33. The Bertz CT molecular complexity index is 542. The van der Waals surface area contributed by atoms with E-state index in [-0.39, 0.29) is 10.6 Å². The molecule has 2 rings (SSSR count). The molecule has 0 bridgehead atoms. The van der Waals surface area contributed by atoms with Crippen LogP contribution in [-0.4, -0.2) is 29.4 Å². The second kappa shape index (κ2) is 6.41. The summed E-state index contributed by atoms with van der Waals surface area (Å²) in [5.41, 5.74) is 6.25. The van der Waals surface area contributed by atoms with Crippen LogP contribution in [0.15, 0.2) is 23.6 Å². The minimum absolute atomic E-state index is 0.229. The number of nitrogens with zero attached hydrogens (tertiary/aromatic N) is 3. The molecule has 1 aliphatic rings. The van der Waals surface area contributed by atoms with Crippen LogP contribution in [0.25, 0.3) is 0 Å². The third-order valence-corrected chi connectivity index (χ3v) is 4.38. The Morgan fingerprint density at radius 1 is 1.65 bits per heavy atom. The smallest absolute Gasteiger partial charge is 0.287 e. The fraction of sp³-hybridized carbons (Fsp3) is 0.571. The molecule has 110 valence electrons. The van der Waals surface area contributed by atoms with E-state index in [4.69, 9.17) is 17.3 Å². The fourth-order valence-corrected chi connectivity index (χ4v) is 2.87. The van der Waals surface area contributed by atoms with Crippen molar-refractivity contribution in [2.24, 2.45) is 17.6 Å². The third kappa shape index (κ3) is 2.88. The number of piperidine rings is 1. The van der Waals surface area contributed by atoms with E-state index in [9.17, 15) is 4.79 Å². The Hall–Kier alpha value is -1.33. The van der Waals surface area contributed by atoms with Gasteiger partial charge in [-0.25, -0.2) is 4.68 Å². The maximum Gasteiger partial charge on any atom is 0.287 e. The first-order valence-corrected chi connectivity index (χ1v) is 7.27. The van der Waals surface area contributed by atoms with Crippen molar-refractivity contribution in [3.63, 3.8) is 0 Å². The molecule has 0 amide bonds. The summed E-state index contributed by atoms with van der Waals surface area (Å²) < 4.78 is 1.31. The van der Waals surface area contributed by atoms with Crippen molar-refractivity contribution in [1.82, 2.24) is 9.78 Å². The summed E-state index contributed by atoms with van der Waals surface area (Å²) in [5.74, 6) is 1.03. The van der Waals surface area contributed by atoms with Gasteiger partial charge in [-0.3, -0.25) is 4.79 Å². The van der Waals surface area contributed by atoms with Crippen LogP contribution in [0.2, 0.25) is 5.02 Å². The van der Waals surface area contributed by atoms with Gasteiger partial charge in [-0.15, -0.1) is 6.58 Å². The Morgan fingerprint density at radius 3 is 3.05 bits per heavy atom. The summed E-state index contributed by atoms with van der Waals surface area (Å²) in [6.45, 7) is 8.53. The largest absolute Gasteiger partial charge is 0.369 e. The SMILES string of the molecule is C=CCn1ncc(N2CCC(C)C(CN)C2)c(Cl)c1=O. The number of anilines is 1. The topological polar surface area (TPSA) is 64.2 Å². The van der Waals surface area contributed by atoms with Crippen LogP contribution in [0, 0.1) is 11.8 Å². The van der Waals surface area contributed by atoms with Crippen LogP contribution < -0.4 is 16.2 Å². The Labute approximate surface area is 124 Å². The zero-order valence-electron chi connectivity index (χ0n) is 11.8. The quantitative estimate of drug-likeness (QED) is 0.855. The van der Waals surface area contributed by atoms with Gasteiger partial charge in [0.1, 0.15) is 5.02 Å². The van der Waals surface area contributed by atoms with E-state index in [1.165, 1.54) is 4.68 Å². The van der Waals surface area contributed by atoms with Crippen molar-refractivity contribution < 1.29 is 0 Å². The summed E-state index contributed by atoms with van der Waals surface area (Å²) in [4.78, 5) is 14.2. The van der Waals surface area contributed by atoms with Crippen LogP contribution >= 0.6 is 11.6 Å². The molecule has 1 saturated heterocycles. The van der Waals surface area contributed by atoms with Gasteiger partial charge >= 0.3 is 0 Å². The summed E-state index contributed by atoms with van der Waals surface area (Å²) in [6, 6.07) is 0. The lowest BCUT2D eigenvalue weighted by atomic mass is 9.87. The molecular weight excluding hydrogens is 276 g/mol. The minimum atomic E-state index is -0.271. The molecule has 1 aromatic heterocycles. The van der Waals surface area contributed by atoms with Gasteiger partial charge in [0.05, 0.1) is 18.4 Å². The van der Waals surface area contributed by atoms with Crippen molar-refractivity contribution in [3.8, 4) is 0 Å². The first-order valence-electron chi connectivity index (χ1n) is 6.90. The number of hydrogen-bond donors (Lipinski definition) is 1. The highest BCUT2D eigenvalue weighted by molar-refractivity contribution is 6.33. The second-order valence-corrected chi connectivity index (χ2v) is 5.71. The summed E-state index contributed by atoms with van der Waals surface area (Å²) in [7, 11) is 0. The Balaban J connectivity index is 2.27. The van der Waals surface area contributed by atoms with Crippen LogP contribution in [0.4, 0.5) is 5.69 Å². The van der Waals surface area contributed by atoms with E-state index in [1.54, 1.807) is 12.3 Å². The number of rotatable bonds is 4. The highest BCUT2D eigenvalue weighted by Crippen LogP contribution is 2.29. The van der Waals surface area contributed by atoms with Gasteiger partial charge < -0.3 is 10.6 Å². The minimum Gasteiger partial charge on any atom is -0.369 e. The van der Waals surface area contributed by atoms with E-state index in [0.717, 1.165) is 19.5 Å². The van der Waals surface area contributed by atoms with Crippen molar-refractivity contribution in [1.29, 1.82) is 0 Å². The van der Waals surface area contributed by atoms with Gasteiger partial charge in [-0.2, -0.15) is 5.10 Å². The van der Waals surface area contributed by atoms with Crippen LogP contribution in [0.5, 0.6) is 0 Å². The molecule has 1 aliphatic heterocycles. The van der Waals surface area contributed by atoms with Gasteiger partial charge in [0.15, 0.2) is 0 Å². The van der Waals surface area contributed by atoms with Gasteiger partial charge in [0.2, 0.25) is 0 Å². The van der Waals surface area contributed by atoms with Gasteiger partial charge in [0.25, 0.3) is 5.56 Å². The van der Waals surface area contributed by atoms with Crippen LogP contribution in [-0.2, 0) is 6.54 Å². The van der Waals surface area contributed by atoms with E-state index < -0.39 is 0 Å². The van der Waals surface area contributed by atoms with Crippen molar-refractivity contribution >= 4 is 17.3 Å². The summed E-state index contributed by atoms with van der Waals surface area (Å²) in [6.07, 6.45) is 4.34. The molecule has 0 aliphatic carbocycles. The fourth-order valence-electron chi connectivity index (χ4n) is 2.60. The standard InChI is InChI=1S/C14H21ClN4O/c1-3-5-19-14(20)13(15)12(8-17-19)18-6-4-10(2)11(7-16)9-18/h3,8,10-11H,1,4-7,9,16H2,2H3. The molecule has 1 aromatic rings. The van der Waals surface area contributed by atoms with Crippen molar-refractivity contribution in [2.75, 3.05) is 24.5 Å². The Morgan fingerprint density at radius 2 is 2.40 bits per heavy atom. The van der Waals surface area contributed by atoms with Gasteiger partial charge in [-0.1, -0.05) is 24.6 Å². The first kappa shape index (κ1) is 15.1. The van der Waals surface area contributed by atoms with E-state index in [1.807, 2.05) is 0 Å². The van der Waals surface area contributed by atoms with Crippen LogP contribution in [0.3, 0.4) is 0 Å². The Kier molecular flexibility index (Phi) is 4.83. The molecule has 2 atom stereocenters. The maximum atomic E-state index is 12.1. The molecular formula is C14H21ClN4O. The maximum absolute atomic E-state index is 12.1. The van der Waals surface area contributed by atoms with Crippen molar-refractivity contribution in [2.45, 2.75) is 19.9 Å². The zero-order valence-corrected chi connectivity index (χ0v) is 12.5. The van der Waals surface area contributed by atoms with E-state index in [0.29, 0.717) is 30.6 Å². The van der Waals surface area contributed by atoms with Crippen molar-refractivity contribution in [3.05, 3.63) is 34.2 Å². The summed E-state index contributed by atoms with van der Waals surface area (Å²) in [5, 5.41) is 4.38. The third-order valence-electron chi connectivity index (χ3n) is 4.03. The predicted molar refractivity (Wildman–Crippen MR) is 82.2 cm³/mol. The molecule has 6 heteroatoms. The normalized spacial score (nSPS) is 22.9. The lowest BCUT2D eigenvalue weighted by Crippen LogP contribution is -2.43. The lowest BCUT2D eigenvalue weighted by Gasteiger charge is -2.38. The monoisotopic (exact) mass is 296 g/mol. The van der Waals surface area contributed by atoms with Crippen LogP contribution in [0.1, 0.15) is 13.3 Å². The molecule has 1 fully saturated rings. The average Bonchev–Trinajstić information content (AvgIpc) is 2.45. The van der Waals surface area contributed by atoms with Gasteiger partial charge in [0, 0.05) is 13.1 Å². The molecule has 0 aromatic carbocycles. The molecule has 2 heterocycles. The number of halogens is 1. The predicted octanol–water partition coefficient (Wildman–Crippen LogP) is 1.50. The average molecular weight is 297 g/mol. The molecule has 20 heavy (non-hydrogen) atoms. The molecule has 2 unspecified atom stereocenters. The number of aromatic nitrogens is 2. The number of nitrogens with two attached hydrogens (primary N) is 1. The summed E-state index contributed by atoms with van der Waals surface area (Å²) >= 11 is 6.21. The molecule has 5 nitrogen and oxygen atoms in total.